The molecule has 3 unspecified atom stereocenters. The van der Waals surface area contributed by atoms with Crippen molar-refractivity contribution in [2.24, 2.45) is 0 Å². The van der Waals surface area contributed by atoms with Crippen molar-refractivity contribution in [1.82, 2.24) is 0 Å². The van der Waals surface area contributed by atoms with E-state index in [1.165, 1.54) is 7.11 Å². The van der Waals surface area contributed by atoms with E-state index in [0.29, 0.717) is 6.42 Å². The normalized spacial score (nSPS) is 20.1. The fourth-order valence-corrected chi connectivity index (χ4v) is 0.858. The Morgan fingerprint density at radius 1 is 1.40 bits per heavy atom. The van der Waals surface area contributed by atoms with Crippen LogP contribution >= 0.6 is 0 Å². The zero-order chi connectivity index (χ0) is 8.15. The summed E-state index contributed by atoms with van der Waals surface area (Å²) in [5.74, 6) is 0. The van der Waals surface area contributed by atoms with Crippen LogP contribution in [0.25, 0.3) is 0 Å². The van der Waals surface area contributed by atoms with Crippen molar-refractivity contribution in [3.8, 4) is 0 Å². The lowest BCUT2D eigenvalue weighted by atomic mass is 10.1. The zero-order valence-electron chi connectivity index (χ0n) is 6.74. The second-order valence-electron chi connectivity index (χ2n) is 2.41. The van der Waals surface area contributed by atoms with Crippen molar-refractivity contribution in [3.63, 3.8) is 0 Å². The Bertz CT molecular complexity index is 78.9. The van der Waals surface area contributed by atoms with Gasteiger partial charge in [0.2, 0.25) is 0 Å². The first-order chi connectivity index (χ1) is 4.63. The van der Waals surface area contributed by atoms with Crippen LogP contribution in [-0.4, -0.2) is 35.6 Å². The van der Waals surface area contributed by atoms with Crippen molar-refractivity contribution < 1.29 is 14.9 Å². The molecule has 0 saturated carbocycles. The van der Waals surface area contributed by atoms with Crippen LogP contribution in [0.1, 0.15) is 20.3 Å². The first-order valence-electron chi connectivity index (χ1n) is 3.52. The second kappa shape index (κ2) is 4.66. The Labute approximate surface area is 61.6 Å². The van der Waals surface area contributed by atoms with Gasteiger partial charge < -0.3 is 14.9 Å². The number of methoxy groups -OCH3 is 1. The molecule has 0 aliphatic heterocycles. The topological polar surface area (TPSA) is 49.7 Å². The molecule has 0 saturated heterocycles. The summed E-state index contributed by atoms with van der Waals surface area (Å²) in [6.07, 6.45) is -1.03. The molecule has 3 atom stereocenters. The standard InChI is InChI=1S/C7H16O3/c1-4-6(10-3)7(9)5(2)8/h5-9H,4H2,1-3H3. The van der Waals surface area contributed by atoms with Gasteiger partial charge in [0.05, 0.1) is 12.2 Å². The second-order valence-corrected chi connectivity index (χ2v) is 2.41. The molecule has 2 N–H and O–H groups in total. The molecule has 3 nitrogen and oxygen atoms in total. The number of ether oxygens (including phenoxy) is 1. The average Bonchev–Trinajstić information content (AvgIpc) is 1.90. The molecule has 62 valence electrons. The molecular weight excluding hydrogens is 132 g/mol. The molecule has 0 fully saturated rings. The van der Waals surface area contributed by atoms with E-state index in [1.54, 1.807) is 6.92 Å². The summed E-state index contributed by atoms with van der Waals surface area (Å²) in [6.45, 7) is 3.45. The van der Waals surface area contributed by atoms with E-state index >= 15 is 0 Å². The van der Waals surface area contributed by atoms with Crippen molar-refractivity contribution in [2.75, 3.05) is 7.11 Å². The van der Waals surface area contributed by atoms with Gasteiger partial charge in [-0.2, -0.15) is 0 Å². The summed E-state index contributed by atoms with van der Waals surface area (Å²) < 4.78 is 4.91. The highest BCUT2D eigenvalue weighted by Gasteiger charge is 2.20. The lowest BCUT2D eigenvalue weighted by Gasteiger charge is -2.21. The van der Waals surface area contributed by atoms with Crippen LogP contribution in [0.15, 0.2) is 0 Å². The predicted octanol–water partition coefficient (Wildman–Crippen LogP) is 0.153. The van der Waals surface area contributed by atoms with Gasteiger partial charge in [-0.05, 0) is 13.3 Å². The largest absolute Gasteiger partial charge is 0.391 e. The highest BCUT2D eigenvalue weighted by Crippen LogP contribution is 2.06. The van der Waals surface area contributed by atoms with Crippen molar-refractivity contribution in [2.45, 2.75) is 38.6 Å². The number of hydrogen-bond donors (Lipinski definition) is 2. The fourth-order valence-electron chi connectivity index (χ4n) is 0.858. The Balaban J connectivity index is 3.76. The predicted molar refractivity (Wildman–Crippen MR) is 38.8 cm³/mol. The number of hydrogen-bond acceptors (Lipinski definition) is 3. The van der Waals surface area contributed by atoms with Gasteiger partial charge in [0.15, 0.2) is 0 Å². The first kappa shape index (κ1) is 9.88. The summed E-state index contributed by atoms with van der Waals surface area (Å²) in [6, 6.07) is 0. The molecule has 0 radical (unpaired) electrons. The van der Waals surface area contributed by atoms with E-state index in [-0.39, 0.29) is 6.10 Å². The molecule has 0 aliphatic carbocycles. The average molecular weight is 148 g/mol. The van der Waals surface area contributed by atoms with Gasteiger partial charge in [-0.3, -0.25) is 0 Å². The van der Waals surface area contributed by atoms with Crippen LogP contribution in [0.5, 0.6) is 0 Å². The van der Waals surface area contributed by atoms with E-state index in [9.17, 15) is 5.11 Å². The summed E-state index contributed by atoms with van der Waals surface area (Å²) in [5.41, 5.74) is 0. The third-order valence-electron chi connectivity index (χ3n) is 1.58. The number of rotatable bonds is 4. The SMILES string of the molecule is CCC(OC)C(O)C(C)O. The molecule has 0 aromatic carbocycles. The number of aliphatic hydroxyl groups excluding tert-OH is 2. The van der Waals surface area contributed by atoms with Gasteiger partial charge >= 0.3 is 0 Å². The monoisotopic (exact) mass is 148 g/mol. The lowest BCUT2D eigenvalue weighted by Crippen LogP contribution is -2.36. The summed E-state index contributed by atoms with van der Waals surface area (Å²) in [4.78, 5) is 0. The van der Waals surface area contributed by atoms with E-state index < -0.39 is 12.2 Å². The molecule has 0 aromatic rings. The molecule has 0 heterocycles. The minimum absolute atomic E-state index is 0.250. The van der Waals surface area contributed by atoms with E-state index in [4.69, 9.17) is 9.84 Å². The third kappa shape index (κ3) is 2.64. The van der Waals surface area contributed by atoms with Crippen molar-refractivity contribution in [3.05, 3.63) is 0 Å². The van der Waals surface area contributed by atoms with Crippen molar-refractivity contribution >= 4 is 0 Å². The molecule has 0 amide bonds. The minimum atomic E-state index is -0.769. The lowest BCUT2D eigenvalue weighted by molar-refractivity contribution is -0.0699. The fraction of sp³-hybridized carbons (Fsp3) is 1.00. The van der Waals surface area contributed by atoms with Gasteiger partial charge in [0.25, 0.3) is 0 Å². The van der Waals surface area contributed by atoms with E-state index in [1.807, 2.05) is 6.92 Å². The molecule has 0 rings (SSSR count). The maximum absolute atomic E-state index is 9.21. The van der Waals surface area contributed by atoms with E-state index in [2.05, 4.69) is 0 Å². The smallest absolute Gasteiger partial charge is 0.106 e. The molecular formula is C7H16O3. The highest BCUT2D eigenvalue weighted by atomic mass is 16.5. The Kier molecular flexibility index (Phi) is 4.60. The Morgan fingerprint density at radius 2 is 1.90 bits per heavy atom. The van der Waals surface area contributed by atoms with Crippen LogP contribution in [0.4, 0.5) is 0 Å². The summed E-state index contributed by atoms with van der Waals surface area (Å²) in [5, 5.41) is 18.1. The maximum Gasteiger partial charge on any atom is 0.106 e. The van der Waals surface area contributed by atoms with Crippen molar-refractivity contribution in [1.29, 1.82) is 0 Å². The molecule has 3 heteroatoms. The van der Waals surface area contributed by atoms with Gasteiger partial charge in [-0.1, -0.05) is 6.92 Å². The van der Waals surface area contributed by atoms with Gasteiger partial charge in [0.1, 0.15) is 6.10 Å². The Morgan fingerprint density at radius 3 is 2.00 bits per heavy atom. The zero-order valence-corrected chi connectivity index (χ0v) is 6.74. The van der Waals surface area contributed by atoms with E-state index in [0.717, 1.165) is 0 Å². The number of aliphatic hydroxyl groups is 2. The molecule has 0 spiro atoms. The van der Waals surface area contributed by atoms with Gasteiger partial charge in [-0.25, -0.2) is 0 Å². The highest BCUT2D eigenvalue weighted by molar-refractivity contribution is 4.71. The molecule has 0 aliphatic rings. The van der Waals surface area contributed by atoms with Crippen LogP contribution in [0.3, 0.4) is 0 Å². The minimum Gasteiger partial charge on any atom is -0.391 e. The molecule has 0 aromatic heterocycles. The summed E-state index contributed by atoms with van der Waals surface area (Å²) >= 11 is 0. The summed E-state index contributed by atoms with van der Waals surface area (Å²) in [7, 11) is 1.53. The van der Waals surface area contributed by atoms with Crippen LogP contribution < -0.4 is 0 Å². The van der Waals surface area contributed by atoms with Crippen LogP contribution in [-0.2, 0) is 4.74 Å². The third-order valence-corrected chi connectivity index (χ3v) is 1.58. The molecule has 0 bridgehead atoms. The maximum atomic E-state index is 9.21. The quantitative estimate of drug-likeness (QED) is 0.596. The Hall–Kier alpha value is -0.120. The first-order valence-corrected chi connectivity index (χ1v) is 3.52. The van der Waals surface area contributed by atoms with Gasteiger partial charge in [0, 0.05) is 7.11 Å². The van der Waals surface area contributed by atoms with Crippen LogP contribution in [0, 0.1) is 0 Å². The van der Waals surface area contributed by atoms with Gasteiger partial charge in [-0.15, -0.1) is 0 Å². The molecule has 10 heavy (non-hydrogen) atoms. The van der Waals surface area contributed by atoms with Crippen LogP contribution in [0.2, 0.25) is 0 Å².